The van der Waals surface area contributed by atoms with E-state index in [0.29, 0.717) is 25.9 Å². The second-order valence-electron chi connectivity index (χ2n) is 18.2. The summed E-state index contributed by atoms with van der Waals surface area (Å²) in [6.45, 7) is 4.89. The van der Waals surface area contributed by atoms with Gasteiger partial charge in [0, 0.05) is 12.8 Å². The molecule has 59 heavy (non-hydrogen) atoms. The van der Waals surface area contributed by atoms with Crippen molar-refractivity contribution >= 4 is 11.9 Å². The maximum absolute atomic E-state index is 12.4. The second-order valence-corrected chi connectivity index (χ2v) is 18.2. The van der Waals surface area contributed by atoms with Gasteiger partial charge in [0.05, 0.1) is 25.4 Å². The molecule has 0 radical (unpaired) electrons. The number of hydrogen-bond acceptors (Lipinski definition) is 5. The standard InChI is InChI=1S/C53H103NO5/c1-3-5-7-9-11-13-15-17-19-20-21-23-27-31-35-39-43-47-53(58)59-48-44-40-36-32-28-24-26-30-34-38-42-46-52(57)54-50(49-55)51(56)45-41-37-33-29-25-22-18-16-14-12-10-8-6-4-2/h28,32,50-51,55-56H,3-27,29-31,33-49H2,1-2H3,(H,54,57)/b32-28-. The van der Waals surface area contributed by atoms with Crippen LogP contribution in [0.5, 0.6) is 0 Å². The normalized spacial score (nSPS) is 12.7. The Balaban J connectivity index is 3.48. The molecule has 0 aromatic heterocycles. The monoisotopic (exact) mass is 834 g/mol. The minimum atomic E-state index is -0.680. The number of esters is 1. The van der Waals surface area contributed by atoms with Crippen LogP contribution in [0.15, 0.2) is 12.2 Å². The van der Waals surface area contributed by atoms with Crippen LogP contribution >= 0.6 is 0 Å². The molecule has 0 aliphatic carbocycles. The van der Waals surface area contributed by atoms with E-state index >= 15 is 0 Å². The molecule has 2 unspecified atom stereocenters. The first-order valence-corrected chi connectivity index (χ1v) is 26.4. The van der Waals surface area contributed by atoms with Gasteiger partial charge < -0.3 is 20.3 Å². The number of rotatable bonds is 49. The van der Waals surface area contributed by atoms with Crippen molar-refractivity contribution in [2.75, 3.05) is 13.2 Å². The van der Waals surface area contributed by atoms with Gasteiger partial charge in [-0.05, 0) is 51.4 Å². The van der Waals surface area contributed by atoms with Crippen molar-refractivity contribution in [3.8, 4) is 0 Å². The number of allylic oxidation sites excluding steroid dienone is 2. The van der Waals surface area contributed by atoms with E-state index in [0.717, 1.165) is 77.0 Å². The summed E-state index contributed by atoms with van der Waals surface area (Å²) < 4.78 is 5.45. The maximum atomic E-state index is 12.4. The molecule has 0 aromatic carbocycles. The number of aliphatic hydroxyl groups is 2. The smallest absolute Gasteiger partial charge is 0.305 e. The zero-order valence-electron chi connectivity index (χ0n) is 39.7. The lowest BCUT2D eigenvalue weighted by atomic mass is 10.0. The Morgan fingerprint density at radius 1 is 0.458 bits per heavy atom. The molecule has 0 heterocycles. The molecule has 0 aromatic rings. The van der Waals surface area contributed by atoms with Crippen molar-refractivity contribution in [1.82, 2.24) is 5.32 Å². The third-order valence-electron chi connectivity index (χ3n) is 12.3. The van der Waals surface area contributed by atoms with Crippen molar-refractivity contribution in [3.63, 3.8) is 0 Å². The highest BCUT2D eigenvalue weighted by atomic mass is 16.5. The molecule has 0 saturated carbocycles. The van der Waals surface area contributed by atoms with E-state index in [2.05, 4.69) is 31.3 Å². The third-order valence-corrected chi connectivity index (χ3v) is 12.3. The molecule has 2 atom stereocenters. The van der Waals surface area contributed by atoms with E-state index in [-0.39, 0.29) is 18.5 Å². The highest BCUT2D eigenvalue weighted by Gasteiger charge is 2.20. The molecule has 0 rings (SSSR count). The second kappa shape index (κ2) is 49.3. The first-order valence-electron chi connectivity index (χ1n) is 26.4. The van der Waals surface area contributed by atoms with Crippen molar-refractivity contribution in [3.05, 3.63) is 12.2 Å². The highest BCUT2D eigenvalue weighted by molar-refractivity contribution is 5.76. The third kappa shape index (κ3) is 45.9. The summed E-state index contributed by atoms with van der Waals surface area (Å²) >= 11 is 0. The van der Waals surface area contributed by atoms with Gasteiger partial charge in [-0.15, -0.1) is 0 Å². The van der Waals surface area contributed by atoms with Gasteiger partial charge in [0.25, 0.3) is 0 Å². The Bertz CT molecular complexity index is 878. The molecular formula is C53H103NO5. The number of hydrogen-bond donors (Lipinski definition) is 3. The summed E-state index contributed by atoms with van der Waals surface area (Å²) in [6.07, 6.45) is 56.1. The van der Waals surface area contributed by atoms with Crippen molar-refractivity contribution in [2.24, 2.45) is 0 Å². The van der Waals surface area contributed by atoms with E-state index < -0.39 is 12.1 Å². The molecule has 0 saturated heterocycles. The molecule has 0 bridgehead atoms. The van der Waals surface area contributed by atoms with Crippen LogP contribution in [0.4, 0.5) is 0 Å². The summed E-state index contributed by atoms with van der Waals surface area (Å²) in [6, 6.07) is -0.561. The summed E-state index contributed by atoms with van der Waals surface area (Å²) in [5.74, 6) is -0.0896. The summed E-state index contributed by atoms with van der Waals surface area (Å²) in [4.78, 5) is 24.5. The average Bonchev–Trinajstić information content (AvgIpc) is 3.24. The van der Waals surface area contributed by atoms with Crippen molar-refractivity contribution in [1.29, 1.82) is 0 Å². The SMILES string of the molecule is CCCCCCCCCCCCCCCCCCCC(=O)OCCCC/C=C\CCCCCCCC(=O)NC(CO)C(O)CCCCCCCCCCCCCCCC. The average molecular weight is 834 g/mol. The first kappa shape index (κ1) is 57.6. The molecule has 0 fully saturated rings. The molecule has 0 aliphatic rings. The van der Waals surface area contributed by atoms with Gasteiger partial charge >= 0.3 is 5.97 Å². The van der Waals surface area contributed by atoms with Gasteiger partial charge in [-0.2, -0.15) is 0 Å². The van der Waals surface area contributed by atoms with Crippen molar-refractivity contribution < 1.29 is 24.5 Å². The zero-order valence-corrected chi connectivity index (χ0v) is 39.7. The van der Waals surface area contributed by atoms with E-state index in [9.17, 15) is 19.8 Å². The number of aliphatic hydroxyl groups excluding tert-OH is 2. The number of carbonyl (C=O) groups is 2. The van der Waals surface area contributed by atoms with Gasteiger partial charge in [-0.3, -0.25) is 9.59 Å². The fourth-order valence-corrected chi connectivity index (χ4v) is 8.22. The lowest BCUT2D eigenvalue weighted by molar-refractivity contribution is -0.143. The van der Waals surface area contributed by atoms with Crippen LogP contribution in [0.25, 0.3) is 0 Å². The summed E-state index contributed by atoms with van der Waals surface area (Å²) in [5, 5.41) is 23.2. The van der Waals surface area contributed by atoms with Crippen LogP contribution in [-0.4, -0.2) is 47.4 Å². The number of ether oxygens (including phenoxy) is 1. The van der Waals surface area contributed by atoms with Gasteiger partial charge in [-0.25, -0.2) is 0 Å². The van der Waals surface area contributed by atoms with Crippen LogP contribution in [0.3, 0.4) is 0 Å². The molecule has 3 N–H and O–H groups in total. The van der Waals surface area contributed by atoms with E-state index in [4.69, 9.17) is 4.74 Å². The largest absolute Gasteiger partial charge is 0.466 e. The predicted molar refractivity (Wildman–Crippen MR) is 255 cm³/mol. The first-order chi connectivity index (χ1) is 29.0. The summed E-state index contributed by atoms with van der Waals surface area (Å²) in [7, 11) is 0. The van der Waals surface area contributed by atoms with Gasteiger partial charge in [0.1, 0.15) is 0 Å². The lowest BCUT2D eigenvalue weighted by Crippen LogP contribution is -2.45. The molecule has 0 spiro atoms. The van der Waals surface area contributed by atoms with Crippen LogP contribution in [-0.2, 0) is 14.3 Å². The molecule has 0 aliphatic heterocycles. The Morgan fingerprint density at radius 2 is 0.797 bits per heavy atom. The number of unbranched alkanes of at least 4 members (excludes halogenated alkanes) is 36. The Labute approximate surface area is 368 Å². The topological polar surface area (TPSA) is 95.9 Å². The molecular weight excluding hydrogens is 731 g/mol. The fraction of sp³-hybridized carbons (Fsp3) is 0.925. The lowest BCUT2D eigenvalue weighted by Gasteiger charge is -2.22. The van der Waals surface area contributed by atoms with E-state index in [1.807, 2.05) is 0 Å². The zero-order chi connectivity index (χ0) is 43.0. The minimum absolute atomic E-state index is 0.0270. The quantitative estimate of drug-likeness (QED) is 0.0322. The van der Waals surface area contributed by atoms with Gasteiger partial charge in [0.15, 0.2) is 0 Å². The molecule has 1 amide bonds. The van der Waals surface area contributed by atoms with Crippen LogP contribution in [0.2, 0.25) is 0 Å². The number of carbonyl (C=O) groups excluding carboxylic acids is 2. The van der Waals surface area contributed by atoms with Crippen molar-refractivity contribution in [2.45, 2.75) is 302 Å². The van der Waals surface area contributed by atoms with Gasteiger partial charge in [0.2, 0.25) is 5.91 Å². The number of amides is 1. The Morgan fingerprint density at radius 3 is 1.20 bits per heavy atom. The predicted octanol–water partition coefficient (Wildman–Crippen LogP) is 15.7. The summed E-state index contributed by atoms with van der Waals surface area (Å²) in [5.41, 5.74) is 0. The maximum Gasteiger partial charge on any atom is 0.305 e. The van der Waals surface area contributed by atoms with Crippen LogP contribution < -0.4 is 5.32 Å². The Kier molecular flexibility index (Phi) is 48.1. The highest BCUT2D eigenvalue weighted by Crippen LogP contribution is 2.17. The molecule has 6 heteroatoms. The number of nitrogens with one attached hydrogen (secondary N) is 1. The van der Waals surface area contributed by atoms with Crippen LogP contribution in [0.1, 0.15) is 290 Å². The van der Waals surface area contributed by atoms with Crippen LogP contribution in [0, 0.1) is 0 Å². The Hall–Kier alpha value is -1.40. The van der Waals surface area contributed by atoms with Gasteiger partial charge in [-0.1, -0.05) is 238 Å². The van der Waals surface area contributed by atoms with E-state index in [1.165, 1.54) is 180 Å². The fourth-order valence-electron chi connectivity index (χ4n) is 8.22. The van der Waals surface area contributed by atoms with E-state index in [1.54, 1.807) is 0 Å². The molecule has 350 valence electrons. The molecule has 6 nitrogen and oxygen atoms in total. The minimum Gasteiger partial charge on any atom is -0.466 e.